The van der Waals surface area contributed by atoms with Gasteiger partial charge < -0.3 is 9.84 Å². The predicted octanol–water partition coefficient (Wildman–Crippen LogP) is 4.01. The molecule has 0 aliphatic carbocycles. The molecule has 0 radical (unpaired) electrons. The number of benzene rings is 1. The average molecular weight is 380 g/mol. The molecule has 1 saturated heterocycles. The molecule has 2 aliphatic rings. The van der Waals surface area contributed by atoms with Crippen molar-refractivity contribution in [2.45, 2.75) is 50.9 Å². The summed E-state index contributed by atoms with van der Waals surface area (Å²) >= 11 is 0. The smallest absolute Gasteiger partial charge is 0.165 e. The Morgan fingerprint density at radius 1 is 1.42 bits per heavy atom. The average Bonchev–Trinajstić information content (AvgIpc) is 3.10. The molecule has 26 heavy (non-hydrogen) atoms. The van der Waals surface area contributed by atoms with Crippen molar-refractivity contribution in [1.82, 2.24) is 0 Å². The van der Waals surface area contributed by atoms with Gasteiger partial charge in [-0.15, -0.1) is 0 Å². The van der Waals surface area contributed by atoms with Gasteiger partial charge in [-0.1, -0.05) is 36.6 Å². The van der Waals surface area contributed by atoms with Gasteiger partial charge in [-0.05, 0) is 49.5 Å². The summed E-state index contributed by atoms with van der Waals surface area (Å²) in [6.07, 6.45) is 4.94. The maximum atomic E-state index is 13.4. The second-order valence-electron chi connectivity index (χ2n) is 7.17. The van der Waals surface area contributed by atoms with Crippen LogP contribution < -0.4 is 0 Å². The molecule has 1 fully saturated rings. The first-order valence-corrected chi connectivity index (χ1v) is 10.7. The van der Waals surface area contributed by atoms with Crippen molar-refractivity contribution >= 4 is 15.9 Å². The van der Waals surface area contributed by atoms with E-state index >= 15 is 0 Å². The topological polar surface area (TPSA) is 63.6 Å². The Kier molecular flexibility index (Phi) is 5.53. The van der Waals surface area contributed by atoms with Crippen LogP contribution in [0, 0.1) is 5.82 Å². The van der Waals surface area contributed by atoms with E-state index < -0.39 is 20.9 Å². The number of sulfone groups is 1. The lowest BCUT2D eigenvalue weighted by molar-refractivity contribution is 0.117. The van der Waals surface area contributed by atoms with Gasteiger partial charge in [0.2, 0.25) is 0 Å². The fourth-order valence-corrected chi connectivity index (χ4v) is 5.84. The first kappa shape index (κ1) is 19.1. The minimum Gasteiger partial charge on any atom is -0.505 e. The number of allylic oxidation sites excluding steroid dienone is 1. The predicted molar refractivity (Wildman–Crippen MR) is 100 cm³/mol. The molecule has 2 heterocycles. The minimum atomic E-state index is -3.10. The molecule has 0 unspecified atom stereocenters. The summed E-state index contributed by atoms with van der Waals surface area (Å²) in [5, 5.41) is 8.80. The van der Waals surface area contributed by atoms with E-state index in [2.05, 4.69) is 6.92 Å². The first-order chi connectivity index (χ1) is 12.3. The van der Waals surface area contributed by atoms with E-state index in [0.29, 0.717) is 5.56 Å². The SMILES string of the molecule is CCCC1=C2[C@@H](CC/C(C)=C/c3ccc(O)c(F)c3)OC[C@@H]2S(=O)(=O)C1. The van der Waals surface area contributed by atoms with E-state index in [9.17, 15) is 17.9 Å². The van der Waals surface area contributed by atoms with E-state index in [4.69, 9.17) is 4.74 Å². The zero-order valence-corrected chi connectivity index (χ0v) is 16.0. The maximum absolute atomic E-state index is 13.4. The Bertz CT molecular complexity index is 855. The molecule has 0 aromatic heterocycles. The molecule has 1 N–H and O–H groups in total. The molecule has 0 spiro atoms. The first-order valence-electron chi connectivity index (χ1n) is 9.02. The maximum Gasteiger partial charge on any atom is 0.165 e. The van der Waals surface area contributed by atoms with Crippen molar-refractivity contribution in [2.24, 2.45) is 0 Å². The summed E-state index contributed by atoms with van der Waals surface area (Å²) in [4.78, 5) is 0. The molecule has 2 atom stereocenters. The van der Waals surface area contributed by atoms with Gasteiger partial charge >= 0.3 is 0 Å². The molecule has 0 bridgehead atoms. The van der Waals surface area contributed by atoms with Crippen molar-refractivity contribution < 1.29 is 22.7 Å². The van der Waals surface area contributed by atoms with Gasteiger partial charge in [0.15, 0.2) is 21.4 Å². The molecular formula is C20H25FO4S. The number of fused-ring (bicyclic) bond motifs is 1. The van der Waals surface area contributed by atoms with E-state index in [-0.39, 0.29) is 24.2 Å². The molecule has 6 heteroatoms. The molecule has 1 aromatic carbocycles. The van der Waals surface area contributed by atoms with Gasteiger partial charge in [0.1, 0.15) is 5.25 Å². The molecule has 1 aromatic rings. The minimum absolute atomic E-state index is 0.140. The molecular weight excluding hydrogens is 355 g/mol. The van der Waals surface area contributed by atoms with E-state index in [1.165, 1.54) is 12.1 Å². The number of rotatable bonds is 6. The number of aromatic hydroxyl groups is 1. The van der Waals surface area contributed by atoms with Gasteiger partial charge in [-0.25, -0.2) is 12.8 Å². The Hall–Kier alpha value is -1.66. The summed E-state index contributed by atoms with van der Waals surface area (Å²) in [5.74, 6) is -0.815. The third-order valence-corrected chi connectivity index (χ3v) is 7.10. The molecule has 142 valence electrons. The summed E-state index contributed by atoms with van der Waals surface area (Å²) in [6, 6.07) is 4.30. The number of phenols is 1. The quantitative estimate of drug-likeness (QED) is 0.758. The Labute approximate surface area is 154 Å². The Morgan fingerprint density at radius 2 is 2.19 bits per heavy atom. The van der Waals surface area contributed by atoms with Crippen LogP contribution in [0.15, 0.2) is 34.9 Å². The van der Waals surface area contributed by atoms with Crippen LogP contribution in [0.4, 0.5) is 4.39 Å². The highest BCUT2D eigenvalue weighted by molar-refractivity contribution is 7.92. The molecule has 3 rings (SSSR count). The number of ether oxygens (including phenoxy) is 1. The molecule has 4 nitrogen and oxygen atoms in total. The second kappa shape index (κ2) is 7.53. The summed E-state index contributed by atoms with van der Waals surface area (Å²) < 4.78 is 43.9. The standard InChI is InChI=1S/C20H25FO4S/c1-3-4-15-12-26(23,24)19-11-25-18(20(15)19)8-5-13(2)9-14-6-7-17(22)16(21)10-14/h6-7,9-10,18-19,22H,3-5,8,11-12H2,1-2H3/b13-9+/t18-,19+/m1/s1. The highest BCUT2D eigenvalue weighted by Crippen LogP contribution is 2.39. The van der Waals surface area contributed by atoms with Gasteiger partial charge in [0.25, 0.3) is 0 Å². The van der Waals surface area contributed by atoms with Crippen LogP contribution in [0.1, 0.15) is 45.1 Å². The molecule has 0 amide bonds. The lowest BCUT2D eigenvalue weighted by atomic mass is 9.95. The number of phenolic OH excluding ortho intramolecular Hbond substituents is 1. The van der Waals surface area contributed by atoms with E-state index in [0.717, 1.165) is 42.4 Å². The van der Waals surface area contributed by atoms with Gasteiger partial charge in [-0.2, -0.15) is 0 Å². The lowest BCUT2D eigenvalue weighted by Gasteiger charge is -2.14. The van der Waals surface area contributed by atoms with Gasteiger partial charge in [0, 0.05) is 0 Å². The van der Waals surface area contributed by atoms with Crippen LogP contribution >= 0.6 is 0 Å². The highest BCUT2D eigenvalue weighted by atomic mass is 32.2. The third kappa shape index (κ3) is 3.86. The van der Waals surface area contributed by atoms with Crippen molar-refractivity contribution in [3.05, 3.63) is 46.3 Å². The fourth-order valence-electron chi connectivity index (χ4n) is 3.86. The number of halogens is 1. The van der Waals surface area contributed by atoms with Gasteiger partial charge in [-0.3, -0.25) is 0 Å². The van der Waals surface area contributed by atoms with Crippen LogP contribution in [0.2, 0.25) is 0 Å². The zero-order chi connectivity index (χ0) is 18.9. The van der Waals surface area contributed by atoms with Crippen molar-refractivity contribution in [3.63, 3.8) is 0 Å². The van der Waals surface area contributed by atoms with Crippen LogP contribution in [-0.2, 0) is 14.6 Å². The monoisotopic (exact) mass is 380 g/mol. The highest BCUT2D eigenvalue weighted by Gasteiger charge is 2.46. The fraction of sp³-hybridized carbons (Fsp3) is 0.500. The summed E-state index contributed by atoms with van der Waals surface area (Å²) in [7, 11) is -3.10. The van der Waals surface area contributed by atoms with Crippen molar-refractivity contribution in [2.75, 3.05) is 12.4 Å². The zero-order valence-electron chi connectivity index (χ0n) is 15.2. The second-order valence-corrected chi connectivity index (χ2v) is 9.35. The molecule has 2 aliphatic heterocycles. The van der Waals surface area contributed by atoms with Crippen LogP contribution in [-0.4, -0.2) is 37.2 Å². The normalized spacial score (nSPS) is 25.0. The Morgan fingerprint density at radius 3 is 2.88 bits per heavy atom. The van der Waals surface area contributed by atoms with Crippen molar-refractivity contribution in [3.8, 4) is 5.75 Å². The number of hydrogen-bond donors (Lipinski definition) is 1. The summed E-state index contributed by atoms with van der Waals surface area (Å²) in [6.45, 7) is 4.29. The van der Waals surface area contributed by atoms with Crippen LogP contribution in [0.3, 0.4) is 0 Å². The molecule has 0 saturated carbocycles. The van der Waals surface area contributed by atoms with Crippen molar-refractivity contribution in [1.29, 1.82) is 0 Å². The van der Waals surface area contributed by atoms with Crippen LogP contribution in [0.25, 0.3) is 6.08 Å². The summed E-state index contributed by atoms with van der Waals surface area (Å²) in [5.41, 5.74) is 3.79. The van der Waals surface area contributed by atoms with Crippen LogP contribution in [0.5, 0.6) is 5.75 Å². The lowest BCUT2D eigenvalue weighted by Crippen LogP contribution is -2.19. The Balaban J connectivity index is 1.70. The third-order valence-electron chi connectivity index (χ3n) is 5.10. The largest absolute Gasteiger partial charge is 0.505 e. The van der Waals surface area contributed by atoms with E-state index in [1.54, 1.807) is 6.07 Å². The number of hydrogen-bond acceptors (Lipinski definition) is 4. The van der Waals surface area contributed by atoms with Gasteiger partial charge in [0.05, 0.1) is 18.5 Å². The van der Waals surface area contributed by atoms with E-state index in [1.807, 2.05) is 13.0 Å².